The molecule has 0 aliphatic heterocycles. The summed E-state index contributed by atoms with van der Waals surface area (Å²) in [6.07, 6.45) is 0. The molecule has 1 aromatic carbocycles. The summed E-state index contributed by atoms with van der Waals surface area (Å²) in [7, 11) is -3.73. The highest BCUT2D eigenvalue weighted by Crippen LogP contribution is 2.26. The second-order valence-electron chi connectivity index (χ2n) is 6.68. The molecule has 0 heterocycles. The molecule has 1 amide bonds. The van der Waals surface area contributed by atoms with E-state index in [9.17, 15) is 13.2 Å². The minimum Gasteiger partial charge on any atom is -0.336 e. The Morgan fingerprint density at radius 3 is 2.12 bits per heavy atom. The molecule has 0 aliphatic rings. The predicted molar refractivity (Wildman–Crippen MR) is 103 cm³/mol. The first-order valence-corrected chi connectivity index (χ1v) is 10.5. The fourth-order valence-electron chi connectivity index (χ4n) is 2.62. The van der Waals surface area contributed by atoms with Crippen LogP contribution >= 0.6 is 11.6 Å². The average molecular weight is 389 g/mol. The van der Waals surface area contributed by atoms with Gasteiger partial charge in [-0.15, -0.1) is 0 Å². The lowest BCUT2D eigenvalue weighted by Crippen LogP contribution is -2.39. The van der Waals surface area contributed by atoms with Crippen LogP contribution in [0.15, 0.2) is 23.1 Å². The maximum absolute atomic E-state index is 12.9. The van der Waals surface area contributed by atoms with Gasteiger partial charge < -0.3 is 4.90 Å². The molecule has 1 rings (SSSR count). The number of carbonyl (C=O) groups is 1. The Bertz CT molecular complexity index is 698. The summed E-state index contributed by atoms with van der Waals surface area (Å²) in [5.74, 6) is 0.133. The Balaban J connectivity index is 3.35. The second kappa shape index (κ2) is 9.01. The van der Waals surface area contributed by atoms with Crippen molar-refractivity contribution in [3.8, 4) is 0 Å². The van der Waals surface area contributed by atoms with Gasteiger partial charge in [-0.2, -0.15) is 4.31 Å². The molecule has 0 fully saturated rings. The zero-order chi connectivity index (χ0) is 19.4. The summed E-state index contributed by atoms with van der Waals surface area (Å²) in [4.78, 5) is 14.6. The molecule has 25 heavy (non-hydrogen) atoms. The Hall–Kier alpha value is -1.11. The average Bonchev–Trinajstić information content (AvgIpc) is 2.52. The van der Waals surface area contributed by atoms with E-state index < -0.39 is 10.0 Å². The van der Waals surface area contributed by atoms with Gasteiger partial charge in [-0.3, -0.25) is 4.79 Å². The molecule has 0 radical (unpaired) electrons. The van der Waals surface area contributed by atoms with Crippen molar-refractivity contribution in [2.45, 2.75) is 52.5 Å². The lowest BCUT2D eigenvalue weighted by atomic mass is 10.1. The SMILES string of the molecule is CCN(CC)S(=O)(=O)c1cc(C(=O)N(CC(C)C)C(C)C)ccc1Cl. The first-order chi connectivity index (χ1) is 11.6. The van der Waals surface area contributed by atoms with Gasteiger partial charge in [0.15, 0.2) is 0 Å². The van der Waals surface area contributed by atoms with Gasteiger partial charge in [0, 0.05) is 31.2 Å². The Kier molecular flexibility index (Phi) is 7.90. The van der Waals surface area contributed by atoms with Gasteiger partial charge >= 0.3 is 0 Å². The minimum absolute atomic E-state index is 0.0167. The van der Waals surface area contributed by atoms with Gasteiger partial charge in [-0.1, -0.05) is 39.3 Å². The van der Waals surface area contributed by atoms with Gasteiger partial charge in [-0.25, -0.2) is 8.42 Å². The molecule has 0 bridgehead atoms. The second-order valence-corrected chi connectivity index (χ2v) is 8.99. The zero-order valence-electron chi connectivity index (χ0n) is 15.9. The summed E-state index contributed by atoms with van der Waals surface area (Å²) in [6.45, 7) is 12.8. The van der Waals surface area contributed by atoms with Crippen molar-refractivity contribution < 1.29 is 13.2 Å². The molecular formula is C18H29ClN2O3S. The maximum atomic E-state index is 12.9. The molecular weight excluding hydrogens is 360 g/mol. The van der Waals surface area contributed by atoms with Gasteiger partial charge in [0.1, 0.15) is 4.90 Å². The summed E-state index contributed by atoms with van der Waals surface area (Å²) in [5, 5.41) is 0.128. The van der Waals surface area contributed by atoms with E-state index in [1.807, 2.05) is 27.7 Å². The van der Waals surface area contributed by atoms with Crippen LogP contribution < -0.4 is 0 Å². The first kappa shape index (κ1) is 21.9. The molecule has 0 spiro atoms. The third kappa shape index (κ3) is 5.19. The van der Waals surface area contributed by atoms with Gasteiger partial charge in [0.05, 0.1) is 5.02 Å². The Morgan fingerprint density at radius 1 is 1.12 bits per heavy atom. The predicted octanol–water partition coefficient (Wildman–Crippen LogP) is 3.88. The standard InChI is InChI=1S/C18H29ClN2O3S/c1-7-20(8-2)25(23,24)17-11-15(9-10-16(17)19)18(22)21(14(5)6)12-13(3)4/h9-11,13-14H,7-8,12H2,1-6H3. The van der Waals surface area contributed by atoms with Crippen molar-refractivity contribution in [3.05, 3.63) is 28.8 Å². The third-order valence-corrected chi connectivity index (χ3v) is 6.48. The van der Waals surface area contributed by atoms with Gasteiger partial charge in [0.2, 0.25) is 10.0 Å². The molecule has 0 unspecified atom stereocenters. The van der Waals surface area contributed by atoms with E-state index >= 15 is 0 Å². The van der Waals surface area contributed by atoms with Crippen LogP contribution in [0.3, 0.4) is 0 Å². The van der Waals surface area contributed by atoms with Gasteiger partial charge in [-0.05, 0) is 38.0 Å². The Labute approximate surface area is 157 Å². The van der Waals surface area contributed by atoms with Crippen LogP contribution in [0.25, 0.3) is 0 Å². The number of halogens is 1. The van der Waals surface area contributed by atoms with Crippen molar-refractivity contribution >= 4 is 27.5 Å². The number of nitrogens with zero attached hydrogens (tertiary/aromatic N) is 2. The van der Waals surface area contributed by atoms with Crippen LogP contribution in [0.5, 0.6) is 0 Å². The molecule has 0 N–H and O–H groups in total. The van der Waals surface area contributed by atoms with Crippen LogP contribution in [-0.4, -0.2) is 49.2 Å². The topological polar surface area (TPSA) is 57.7 Å². The summed E-state index contributed by atoms with van der Waals surface area (Å²) >= 11 is 6.14. The van der Waals surface area contributed by atoms with E-state index in [0.29, 0.717) is 31.1 Å². The molecule has 7 heteroatoms. The number of carbonyl (C=O) groups excluding carboxylic acids is 1. The molecule has 142 valence electrons. The normalized spacial score (nSPS) is 12.2. The van der Waals surface area contributed by atoms with Crippen LogP contribution in [0.4, 0.5) is 0 Å². The number of amides is 1. The summed E-state index contributed by atoms with van der Waals surface area (Å²) in [6, 6.07) is 4.49. The monoisotopic (exact) mass is 388 g/mol. The smallest absolute Gasteiger partial charge is 0.254 e. The van der Waals surface area contributed by atoms with Gasteiger partial charge in [0.25, 0.3) is 5.91 Å². The van der Waals surface area contributed by atoms with Crippen LogP contribution in [0, 0.1) is 5.92 Å². The summed E-state index contributed by atoms with van der Waals surface area (Å²) < 4.78 is 26.9. The number of sulfonamides is 1. The lowest BCUT2D eigenvalue weighted by Gasteiger charge is -2.29. The van der Waals surface area contributed by atoms with Crippen LogP contribution in [0.2, 0.25) is 5.02 Å². The molecule has 0 saturated heterocycles. The zero-order valence-corrected chi connectivity index (χ0v) is 17.5. The minimum atomic E-state index is -3.73. The highest BCUT2D eigenvalue weighted by molar-refractivity contribution is 7.89. The lowest BCUT2D eigenvalue weighted by molar-refractivity contribution is 0.0681. The highest BCUT2D eigenvalue weighted by Gasteiger charge is 2.27. The number of hydrogen-bond acceptors (Lipinski definition) is 3. The molecule has 0 aromatic heterocycles. The maximum Gasteiger partial charge on any atom is 0.254 e. The highest BCUT2D eigenvalue weighted by atomic mass is 35.5. The van der Waals surface area contributed by atoms with E-state index in [1.165, 1.54) is 16.4 Å². The largest absolute Gasteiger partial charge is 0.336 e. The van der Waals surface area contributed by atoms with E-state index in [1.54, 1.807) is 24.8 Å². The first-order valence-electron chi connectivity index (χ1n) is 8.66. The van der Waals surface area contributed by atoms with Crippen molar-refractivity contribution in [2.75, 3.05) is 19.6 Å². The van der Waals surface area contributed by atoms with Crippen LogP contribution in [0.1, 0.15) is 51.9 Å². The molecule has 0 saturated carbocycles. The third-order valence-electron chi connectivity index (χ3n) is 3.95. The van der Waals surface area contributed by atoms with Crippen molar-refractivity contribution in [1.82, 2.24) is 9.21 Å². The van der Waals surface area contributed by atoms with Crippen LogP contribution in [-0.2, 0) is 10.0 Å². The molecule has 0 aliphatic carbocycles. The van der Waals surface area contributed by atoms with Crippen molar-refractivity contribution in [3.63, 3.8) is 0 Å². The number of benzene rings is 1. The fourth-order valence-corrected chi connectivity index (χ4v) is 4.58. The quantitative estimate of drug-likeness (QED) is 0.679. The van der Waals surface area contributed by atoms with Crippen molar-refractivity contribution in [1.29, 1.82) is 0 Å². The molecule has 5 nitrogen and oxygen atoms in total. The molecule has 1 aromatic rings. The van der Waals surface area contributed by atoms with E-state index in [0.717, 1.165) is 0 Å². The van der Waals surface area contributed by atoms with E-state index in [2.05, 4.69) is 0 Å². The van der Waals surface area contributed by atoms with E-state index in [4.69, 9.17) is 11.6 Å². The van der Waals surface area contributed by atoms with Crippen molar-refractivity contribution in [2.24, 2.45) is 5.92 Å². The van der Waals surface area contributed by atoms with E-state index in [-0.39, 0.29) is 21.9 Å². The summed E-state index contributed by atoms with van der Waals surface area (Å²) in [5.41, 5.74) is 0.337. The number of rotatable bonds is 8. The molecule has 0 atom stereocenters. The fraction of sp³-hybridized carbons (Fsp3) is 0.611. The number of hydrogen-bond donors (Lipinski definition) is 0. The Morgan fingerprint density at radius 2 is 1.68 bits per heavy atom.